The van der Waals surface area contributed by atoms with Gasteiger partial charge in [-0.1, -0.05) is 89.6 Å². The summed E-state index contributed by atoms with van der Waals surface area (Å²) >= 11 is 0. The zero-order chi connectivity index (χ0) is 29.3. The van der Waals surface area contributed by atoms with Gasteiger partial charge in [0, 0.05) is 0 Å². The minimum Gasteiger partial charge on any atom is -0.396 e. The smallest absolute Gasteiger partial charge is 0.338 e. The van der Waals surface area contributed by atoms with Crippen LogP contribution in [0.15, 0.2) is 42.5 Å². The van der Waals surface area contributed by atoms with Crippen molar-refractivity contribution in [1.82, 2.24) is 0 Å². The molecular weight excluding hydrogens is 530 g/mol. The highest BCUT2D eigenvalue weighted by Crippen LogP contribution is 2.52. The molecule has 2 aromatic carbocycles. The summed E-state index contributed by atoms with van der Waals surface area (Å²) < 4.78 is 10.7. The summed E-state index contributed by atoms with van der Waals surface area (Å²) in [6.45, 7) is 13.4. The Morgan fingerprint density at radius 3 is 1.47 bits per heavy atom. The van der Waals surface area contributed by atoms with Gasteiger partial charge in [0.15, 0.2) is 0 Å². The first-order chi connectivity index (χ1) is 17.5. The summed E-state index contributed by atoms with van der Waals surface area (Å²) in [4.78, 5) is 28.6. The topological polar surface area (TPSA) is 160 Å². The Bertz CT molecular complexity index is 916. The van der Waals surface area contributed by atoms with E-state index in [9.17, 15) is 4.89 Å². The van der Waals surface area contributed by atoms with Gasteiger partial charge in [-0.15, -0.1) is 0 Å². The maximum atomic E-state index is 10.3. The first-order valence-electron chi connectivity index (χ1n) is 12.2. The summed E-state index contributed by atoms with van der Waals surface area (Å²) in [5.74, 6) is 0. The van der Waals surface area contributed by atoms with Gasteiger partial charge in [0.1, 0.15) is 6.10 Å². The zero-order valence-corrected chi connectivity index (χ0v) is 25.1. The lowest BCUT2D eigenvalue weighted by molar-refractivity contribution is -0.0328. The van der Waals surface area contributed by atoms with E-state index >= 15 is 0 Å². The van der Waals surface area contributed by atoms with Crippen LogP contribution in [0.25, 0.3) is 0 Å². The monoisotopic (exact) mass is 574 g/mol. The molecule has 0 amide bonds. The van der Waals surface area contributed by atoms with Crippen LogP contribution in [0.1, 0.15) is 75.5 Å². The van der Waals surface area contributed by atoms with Gasteiger partial charge < -0.3 is 35.1 Å². The fourth-order valence-electron chi connectivity index (χ4n) is 3.70. The fourth-order valence-corrected chi connectivity index (χ4v) is 4.76. The summed E-state index contributed by atoms with van der Waals surface area (Å²) in [7, 11) is -5.20. The summed E-state index contributed by atoms with van der Waals surface area (Å²) in [6.07, 6.45) is -0.619. The van der Waals surface area contributed by atoms with Crippen molar-refractivity contribution in [3.8, 4) is 0 Å². The Kier molecular flexibility index (Phi) is 13.9. The molecule has 2 atom stereocenters. The minimum atomic E-state index is -2.72. The van der Waals surface area contributed by atoms with E-state index in [0.717, 1.165) is 27.8 Å². The Balaban J connectivity index is 0.000000686. The average Bonchev–Trinajstić information content (AvgIpc) is 2.83. The molecule has 0 aliphatic carbocycles. The third-order valence-electron chi connectivity index (χ3n) is 5.98. The maximum Gasteiger partial charge on any atom is 0.338 e. The molecule has 0 bridgehead atoms. The van der Waals surface area contributed by atoms with E-state index in [2.05, 4.69) is 60.6 Å². The molecule has 2 rings (SSSR count). The van der Waals surface area contributed by atoms with Crippen molar-refractivity contribution in [3.05, 3.63) is 70.3 Å². The molecule has 0 saturated heterocycles. The molecule has 2 unspecified atom stereocenters. The van der Waals surface area contributed by atoms with Crippen LogP contribution in [0.3, 0.4) is 0 Å². The van der Waals surface area contributed by atoms with Crippen molar-refractivity contribution >= 4 is 17.2 Å². The molecule has 2 aromatic rings. The Morgan fingerprint density at radius 2 is 1.16 bits per heavy atom. The molecule has 0 radical (unpaired) electrons. The van der Waals surface area contributed by atoms with E-state index in [1.807, 2.05) is 30.3 Å². The lowest BCUT2D eigenvalue weighted by Crippen LogP contribution is -2.37. The van der Waals surface area contributed by atoms with E-state index in [1.165, 1.54) is 0 Å². The molecule has 0 aliphatic heterocycles. The number of rotatable bonds is 10. The van der Waals surface area contributed by atoms with Crippen LogP contribution in [-0.4, -0.2) is 61.5 Å². The van der Waals surface area contributed by atoms with Crippen molar-refractivity contribution in [2.75, 3.05) is 26.4 Å². The van der Waals surface area contributed by atoms with Gasteiger partial charge in [0.2, 0.25) is 0 Å². The van der Waals surface area contributed by atoms with Gasteiger partial charge >= 0.3 is 17.2 Å². The number of hydrogen-bond donors (Lipinski definition) is 7. The lowest BCUT2D eigenvalue weighted by Gasteiger charge is -2.35. The first-order valence-corrected chi connectivity index (χ1v) is 14.5. The normalized spacial score (nSPS) is 14.2. The average molecular weight is 575 g/mol. The molecule has 0 heterocycles. The fraction of sp³-hybridized carbons (Fsp3) is 0.556. The van der Waals surface area contributed by atoms with Crippen LogP contribution in [0.4, 0.5) is 0 Å². The second-order valence-electron chi connectivity index (χ2n) is 11.4. The molecule has 0 aromatic heterocycles. The number of aryl methyl sites for hydroxylation is 1. The molecule has 0 spiro atoms. The summed E-state index contributed by atoms with van der Waals surface area (Å²) in [5.41, 5.74) is 3.79. The molecule has 0 fully saturated rings. The van der Waals surface area contributed by atoms with Gasteiger partial charge in [-0.05, 0) is 40.0 Å². The van der Waals surface area contributed by atoms with Crippen LogP contribution in [0, 0.1) is 12.3 Å². The zero-order valence-electron chi connectivity index (χ0n) is 23.3. The largest absolute Gasteiger partial charge is 0.396 e. The number of benzene rings is 2. The van der Waals surface area contributed by atoms with Crippen molar-refractivity contribution in [2.45, 2.75) is 65.4 Å². The van der Waals surface area contributed by atoms with Crippen molar-refractivity contribution in [3.63, 3.8) is 0 Å². The van der Waals surface area contributed by atoms with E-state index in [4.69, 9.17) is 39.0 Å². The molecule has 216 valence electrons. The van der Waals surface area contributed by atoms with Crippen molar-refractivity contribution < 1.29 is 43.9 Å². The second kappa shape index (κ2) is 15.1. The quantitative estimate of drug-likeness (QED) is 0.208. The number of aliphatic hydroxyl groups excluding tert-OH is 4. The van der Waals surface area contributed by atoms with Crippen LogP contribution in [0.2, 0.25) is 0 Å². The van der Waals surface area contributed by atoms with Crippen LogP contribution in [0.5, 0.6) is 0 Å². The predicted octanol–water partition coefficient (Wildman–Crippen LogP) is 4.09. The molecule has 0 saturated carbocycles. The van der Waals surface area contributed by atoms with Gasteiger partial charge in [0.25, 0.3) is 0 Å². The molecule has 7 N–H and O–H groups in total. The van der Waals surface area contributed by atoms with Gasteiger partial charge in [0.05, 0.1) is 31.8 Å². The summed E-state index contributed by atoms with van der Waals surface area (Å²) in [6, 6.07) is 14.0. The van der Waals surface area contributed by atoms with Crippen molar-refractivity contribution in [2.24, 2.45) is 5.41 Å². The van der Waals surface area contributed by atoms with Gasteiger partial charge in [-0.3, -0.25) is 4.52 Å². The second-order valence-corrected chi connectivity index (χ2v) is 13.2. The van der Waals surface area contributed by atoms with Crippen molar-refractivity contribution in [1.29, 1.82) is 0 Å². The first kappa shape index (κ1) is 35.0. The molecular formula is C27H44O9P2. The van der Waals surface area contributed by atoms with Crippen LogP contribution < -0.4 is 0 Å². The van der Waals surface area contributed by atoms with Gasteiger partial charge in [-0.2, -0.15) is 0 Å². The third-order valence-corrected chi connectivity index (χ3v) is 7.52. The third kappa shape index (κ3) is 10.2. The maximum absolute atomic E-state index is 10.3. The summed E-state index contributed by atoms with van der Waals surface area (Å²) in [5, 5.41) is 34.0. The van der Waals surface area contributed by atoms with E-state index in [1.54, 1.807) is 0 Å². The molecule has 0 aliphatic rings. The lowest BCUT2D eigenvalue weighted by atomic mass is 9.73. The van der Waals surface area contributed by atoms with E-state index in [0.29, 0.717) is 0 Å². The Labute approximate surface area is 228 Å². The van der Waals surface area contributed by atoms with Crippen LogP contribution >= 0.6 is 17.2 Å². The highest BCUT2D eigenvalue weighted by molar-refractivity contribution is 7.54. The van der Waals surface area contributed by atoms with Gasteiger partial charge in [-0.25, -0.2) is 4.31 Å². The Morgan fingerprint density at radius 1 is 0.737 bits per heavy atom. The highest BCUT2D eigenvalue weighted by atomic mass is 31.2. The molecule has 11 heteroatoms. The predicted molar refractivity (Wildman–Crippen MR) is 150 cm³/mol. The Hall–Kier alpha value is -1.06. The number of aliphatic hydroxyl groups is 4. The highest BCUT2D eigenvalue weighted by Gasteiger charge is 2.34. The van der Waals surface area contributed by atoms with Crippen LogP contribution in [-0.2, 0) is 19.7 Å². The van der Waals surface area contributed by atoms with E-state index < -0.39 is 55.2 Å². The minimum absolute atomic E-state index is 0.169. The number of hydrogen-bond acceptors (Lipinski definition) is 9. The standard InChI is InChI=1S/C22H32O5P2.C5H12O4/c1-15-13-17(21(2,3)4)19(18(14-15)22(5,6)7)20(16-11-9-8-10-12-16)26-29(25)27-28(23)24;6-1-5(2-7,3-8)4-9/h8-14,20,23-25H,1-7H3;6-9H,1-4H2. The molecule has 9 nitrogen and oxygen atoms in total. The van der Waals surface area contributed by atoms with E-state index in [-0.39, 0.29) is 10.8 Å². The SMILES string of the molecule is Cc1cc(C(C)(C)C)c(C(OP(O)OP(O)O)c2ccccc2)c(C(C)(C)C)c1.OCC(CO)(CO)CO. The molecule has 38 heavy (non-hydrogen) atoms.